The fourth-order valence-corrected chi connectivity index (χ4v) is 6.26. The van der Waals surface area contributed by atoms with Crippen molar-refractivity contribution in [2.45, 2.75) is 102 Å². The number of hydrogen-bond donors (Lipinski definition) is 0. The first-order valence-corrected chi connectivity index (χ1v) is 12.6. The van der Waals surface area contributed by atoms with E-state index in [4.69, 9.17) is 9.47 Å². The van der Waals surface area contributed by atoms with Crippen molar-refractivity contribution in [1.82, 2.24) is 0 Å². The molecule has 2 saturated carbocycles. The van der Waals surface area contributed by atoms with Crippen LogP contribution in [0.4, 0.5) is 4.39 Å². The number of hydrogen-bond acceptors (Lipinski definition) is 2. The van der Waals surface area contributed by atoms with Crippen LogP contribution in [0.5, 0.6) is 0 Å². The maximum Gasteiger partial charge on any atom is 0.160 e. The molecule has 30 heavy (non-hydrogen) atoms. The van der Waals surface area contributed by atoms with Gasteiger partial charge in [0.1, 0.15) is 0 Å². The highest BCUT2D eigenvalue weighted by Gasteiger charge is 2.40. The number of alkyl halides is 1. The van der Waals surface area contributed by atoms with Crippen LogP contribution < -0.4 is 0 Å². The van der Waals surface area contributed by atoms with Gasteiger partial charge in [-0.2, -0.15) is 0 Å². The maximum atomic E-state index is 14.6. The summed E-state index contributed by atoms with van der Waals surface area (Å²) in [4.78, 5) is 0. The molecule has 3 fully saturated rings. The van der Waals surface area contributed by atoms with Gasteiger partial charge in [-0.3, -0.25) is 0 Å². The Kier molecular flexibility index (Phi) is 7.52. The lowest BCUT2D eigenvalue weighted by Gasteiger charge is -2.42. The highest BCUT2D eigenvalue weighted by Crippen LogP contribution is 2.45. The topological polar surface area (TPSA) is 18.5 Å². The number of rotatable bonds is 6. The summed E-state index contributed by atoms with van der Waals surface area (Å²) in [6.45, 7) is 4.68. The lowest BCUT2D eigenvalue weighted by atomic mass is 9.68. The summed E-state index contributed by atoms with van der Waals surface area (Å²) >= 11 is 0. The van der Waals surface area contributed by atoms with Crippen molar-refractivity contribution in [2.24, 2.45) is 17.8 Å². The van der Waals surface area contributed by atoms with Crippen LogP contribution in [0.3, 0.4) is 0 Å². The van der Waals surface area contributed by atoms with Gasteiger partial charge in [0.05, 0.1) is 13.2 Å². The van der Waals surface area contributed by atoms with E-state index in [-0.39, 0.29) is 19.5 Å². The van der Waals surface area contributed by atoms with E-state index >= 15 is 0 Å². The summed E-state index contributed by atoms with van der Waals surface area (Å²) < 4.78 is 26.3. The van der Waals surface area contributed by atoms with Gasteiger partial charge in [0, 0.05) is 5.92 Å². The third-order valence-corrected chi connectivity index (χ3v) is 8.21. The van der Waals surface area contributed by atoms with Crippen molar-refractivity contribution >= 4 is 0 Å². The van der Waals surface area contributed by atoms with E-state index in [1.807, 2.05) is 6.92 Å². The summed E-state index contributed by atoms with van der Waals surface area (Å²) in [5.74, 6) is 2.99. The van der Waals surface area contributed by atoms with Crippen molar-refractivity contribution in [1.29, 1.82) is 0 Å². The van der Waals surface area contributed by atoms with Gasteiger partial charge in [0.15, 0.2) is 12.0 Å². The second-order valence-electron chi connectivity index (χ2n) is 10.3. The van der Waals surface area contributed by atoms with E-state index in [1.165, 1.54) is 56.9 Å². The van der Waals surface area contributed by atoms with Gasteiger partial charge in [-0.05, 0) is 93.1 Å². The second kappa shape index (κ2) is 10.1. The van der Waals surface area contributed by atoms with Crippen molar-refractivity contribution in [3.8, 4) is 0 Å². The van der Waals surface area contributed by atoms with Crippen molar-refractivity contribution in [3.63, 3.8) is 0 Å². The molecule has 3 heteroatoms. The van der Waals surface area contributed by atoms with Crippen molar-refractivity contribution in [2.75, 3.05) is 13.2 Å². The Labute approximate surface area is 182 Å². The summed E-state index contributed by atoms with van der Waals surface area (Å²) in [7, 11) is 0. The zero-order valence-corrected chi connectivity index (χ0v) is 19.1. The highest BCUT2D eigenvalue weighted by molar-refractivity contribution is 5.25. The quantitative estimate of drug-likeness (QED) is 0.488. The van der Waals surface area contributed by atoms with E-state index < -0.39 is 5.67 Å². The lowest BCUT2D eigenvalue weighted by molar-refractivity contribution is -0.258. The molecule has 1 aliphatic heterocycles. The Morgan fingerprint density at radius 1 is 0.800 bits per heavy atom. The molecule has 3 aliphatic rings. The monoisotopic (exact) mass is 416 g/mol. The largest absolute Gasteiger partial charge is 0.349 e. The predicted octanol–water partition coefficient (Wildman–Crippen LogP) is 7.21. The first-order valence-electron chi connectivity index (χ1n) is 12.6. The molecule has 2 aliphatic carbocycles. The average Bonchev–Trinajstić information content (AvgIpc) is 2.80. The second-order valence-corrected chi connectivity index (χ2v) is 10.3. The van der Waals surface area contributed by atoms with E-state index in [2.05, 4.69) is 31.2 Å². The molecule has 2 nitrogen and oxygen atoms in total. The molecule has 168 valence electrons. The molecule has 0 unspecified atom stereocenters. The van der Waals surface area contributed by atoms with Crippen molar-refractivity contribution in [3.05, 3.63) is 35.4 Å². The van der Waals surface area contributed by atoms with E-state index in [0.717, 1.165) is 30.6 Å². The van der Waals surface area contributed by atoms with Gasteiger partial charge in [0.25, 0.3) is 0 Å². The third-order valence-electron chi connectivity index (χ3n) is 8.21. The Balaban J connectivity index is 1.20. The fourth-order valence-electron chi connectivity index (χ4n) is 6.26. The summed E-state index contributed by atoms with van der Waals surface area (Å²) in [6, 6.07) is 9.36. The summed E-state index contributed by atoms with van der Waals surface area (Å²) in [5.41, 5.74) is 1.73. The summed E-state index contributed by atoms with van der Waals surface area (Å²) in [5, 5.41) is 0. The minimum Gasteiger partial charge on any atom is -0.349 e. The van der Waals surface area contributed by atoms with Gasteiger partial charge >= 0.3 is 0 Å². The van der Waals surface area contributed by atoms with E-state index in [0.29, 0.717) is 12.3 Å². The van der Waals surface area contributed by atoms with Crippen LogP contribution in [-0.2, 0) is 15.9 Å². The Bertz CT molecular complexity index is 633. The molecule has 1 aromatic rings. The van der Waals surface area contributed by atoms with Gasteiger partial charge < -0.3 is 9.47 Å². The summed E-state index contributed by atoms with van der Waals surface area (Å²) in [6.07, 6.45) is 12.7. The molecule has 1 saturated heterocycles. The first-order chi connectivity index (χ1) is 14.6. The number of ether oxygens (including phenoxy) is 2. The predicted molar refractivity (Wildman–Crippen MR) is 120 cm³/mol. The molecule has 1 heterocycles. The molecule has 0 atom stereocenters. The van der Waals surface area contributed by atoms with Crippen molar-refractivity contribution < 1.29 is 13.9 Å². The zero-order valence-electron chi connectivity index (χ0n) is 19.1. The maximum absolute atomic E-state index is 14.6. The van der Waals surface area contributed by atoms with Crippen LogP contribution in [0, 0.1) is 17.8 Å². The van der Waals surface area contributed by atoms with Crippen LogP contribution in [0.25, 0.3) is 0 Å². The molecule has 4 rings (SSSR count). The van der Waals surface area contributed by atoms with Crippen LogP contribution in [0.1, 0.15) is 95.1 Å². The minimum atomic E-state index is -1.27. The standard InChI is InChI=1S/C27H41FO2/c1-3-17-27(28)18-29-26(30-19-27)25-15-13-24(14-16-25)23-11-9-22(10-12-23)21-7-5-20(4-2)6-8-21/h5-8,22-26H,3-4,9-19H2,1-2H3. The SMILES string of the molecule is CCCC1(F)COC(C2CCC(C3CCC(c4ccc(CC)cc4)CC3)CC2)OC1. The van der Waals surface area contributed by atoms with Gasteiger partial charge in [-0.15, -0.1) is 0 Å². The van der Waals surface area contributed by atoms with Crippen LogP contribution >= 0.6 is 0 Å². The molecule has 0 N–H and O–H groups in total. The Morgan fingerprint density at radius 3 is 1.87 bits per heavy atom. The molecular formula is C27H41FO2. The number of halogens is 1. The molecule has 0 bridgehead atoms. The lowest BCUT2D eigenvalue weighted by Crippen LogP contribution is -2.47. The molecule has 0 amide bonds. The molecule has 1 aromatic carbocycles. The van der Waals surface area contributed by atoms with Crippen LogP contribution in [0.15, 0.2) is 24.3 Å². The average molecular weight is 417 g/mol. The van der Waals surface area contributed by atoms with Crippen LogP contribution in [0.2, 0.25) is 0 Å². The zero-order chi connectivity index (χ0) is 21.0. The first kappa shape index (κ1) is 22.3. The normalized spacial score (nSPS) is 37.8. The molecular weight excluding hydrogens is 375 g/mol. The van der Waals surface area contributed by atoms with E-state index in [9.17, 15) is 4.39 Å². The Hall–Kier alpha value is -0.930. The van der Waals surface area contributed by atoms with Gasteiger partial charge in [-0.25, -0.2) is 4.39 Å². The molecule has 0 aromatic heterocycles. The van der Waals surface area contributed by atoms with E-state index in [1.54, 1.807) is 5.56 Å². The highest BCUT2D eigenvalue weighted by atomic mass is 19.1. The van der Waals surface area contributed by atoms with Gasteiger partial charge in [-0.1, -0.05) is 44.5 Å². The minimum absolute atomic E-state index is 0.173. The molecule has 0 radical (unpaired) electrons. The third kappa shape index (κ3) is 5.27. The Morgan fingerprint density at radius 2 is 1.33 bits per heavy atom. The number of benzene rings is 1. The van der Waals surface area contributed by atoms with Crippen LogP contribution in [-0.4, -0.2) is 25.2 Å². The smallest absolute Gasteiger partial charge is 0.160 e. The van der Waals surface area contributed by atoms with Gasteiger partial charge in [0.2, 0.25) is 0 Å². The number of aryl methyl sites for hydroxylation is 1. The fraction of sp³-hybridized carbons (Fsp3) is 0.778. The molecule has 0 spiro atoms.